The van der Waals surface area contributed by atoms with E-state index in [0.29, 0.717) is 0 Å². The van der Waals surface area contributed by atoms with Gasteiger partial charge in [0.1, 0.15) is 0 Å². The van der Waals surface area contributed by atoms with Gasteiger partial charge in [0.15, 0.2) is 0 Å². The number of likely N-dealkylation sites (tertiary alicyclic amines) is 1. The fourth-order valence-corrected chi connectivity index (χ4v) is 2.76. The van der Waals surface area contributed by atoms with Gasteiger partial charge in [-0.05, 0) is 58.2 Å². The number of rotatable bonds is 3. The van der Waals surface area contributed by atoms with E-state index in [1.807, 2.05) is 6.26 Å². The van der Waals surface area contributed by atoms with Crippen molar-refractivity contribution in [1.29, 1.82) is 0 Å². The van der Waals surface area contributed by atoms with E-state index in [4.69, 9.17) is 10.5 Å². The Morgan fingerprint density at radius 1 is 1.31 bits per heavy atom. The van der Waals surface area contributed by atoms with Gasteiger partial charge in [0.2, 0.25) is 0 Å². The second-order valence-corrected chi connectivity index (χ2v) is 5.49. The van der Waals surface area contributed by atoms with E-state index >= 15 is 0 Å². The molecule has 2 heterocycles. The van der Waals surface area contributed by atoms with Gasteiger partial charge in [0.25, 0.3) is 0 Å². The summed E-state index contributed by atoms with van der Waals surface area (Å²) in [5.74, 6) is 0. The van der Waals surface area contributed by atoms with Crippen molar-refractivity contribution in [3.63, 3.8) is 0 Å². The van der Waals surface area contributed by atoms with Gasteiger partial charge < -0.3 is 10.5 Å². The average Bonchev–Trinajstić information content (AvgIpc) is 2.83. The summed E-state index contributed by atoms with van der Waals surface area (Å²) in [6.07, 6.45) is 6.72. The van der Waals surface area contributed by atoms with Crippen LogP contribution < -0.4 is 5.73 Å². The lowest BCUT2D eigenvalue weighted by atomic mass is 9.86. The normalized spacial score (nSPS) is 25.1. The van der Waals surface area contributed by atoms with Crippen LogP contribution in [0.3, 0.4) is 0 Å². The molecule has 0 radical (unpaired) electrons. The summed E-state index contributed by atoms with van der Waals surface area (Å²) < 4.78 is 5.40. The highest BCUT2D eigenvalue weighted by Crippen LogP contribution is 2.29. The summed E-state index contributed by atoms with van der Waals surface area (Å²) >= 11 is 0. The maximum Gasteiger partial charge on any atom is 0.0876 e. The minimum atomic E-state index is 0.0586. The van der Waals surface area contributed by atoms with E-state index in [0.717, 1.165) is 19.4 Å². The molecule has 2 rings (SSSR count). The lowest BCUT2D eigenvalue weighted by Crippen LogP contribution is -2.56. The first-order chi connectivity index (χ1) is 7.62. The number of ether oxygens (including phenoxy) is 1. The molecule has 2 aliphatic rings. The van der Waals surface area contributed by atoms with Gasteiger partial charge in [-0.3, -0.25) is 4.90 Å². The molecule has 1 saturated heterocycles. The third-order valence-electron chi connectivity index (χ3n) is 4.04. The average molecular weight is 224 g/mol. The SMILES string of the molecule is CC(C)(C(N)C1=COCCC1)N1CCCC1. The number of nitrogens with zero attached hydrogens (tertiary/aromatic N) is 1. The zero-order chi connectivity index (χ0) is 11.6. The van der Waals surface area contributed by atoms with Crippen molar-refractivity contribution in [3.05, 3.63) is 11.8 Å². The predicted molar refractivity (Wildman–Crippen MR) is 66.1 cm³/mol. The maximum absolute atomic E-state index is 6.42. The predicted octanol–water partition coefficient (Wildman–Crippen LogP) is 1.88. The summed E-state index contributed by atoms with van der Waals surface area (Å²) in [7, 11) is 0. The van der Waals surface area contributed by atoms with Gasteiger partial charge in [0.05, 0.1) is 12.9 Å². The second-order valence-electron chi connectivity index (χ2n) is 5.49. The molecular formula is C13H24N2O. The summed E-state index contributed by atoms with van der Waals surface area (Å²) in [6.45, 7) is 7.75. The van der Waals surface area contributed by atoms with Gasteiger partial charge in [-0.15, -0.1) is 0 Å². The summed E-state index contributed by atoms with van der Waals surface area (Å²) in [6, 6.07) is 0.103. The highest BCUT2D eigenvalue weighted by molar-refractivity contribution is 5.16. The molecular weight excluding hydrogens is 200 g/mol. The lowest BCUT2D eigenvalue weighted by Gasteiger charge is -2.41. The Bertz CT molecular complexity index is 267. The van der Waals surface area contributed by atoms with Crippen molar-refractivity contribution in [2.75, 3.05) is 19.7 Å². The Kier molecular flexibility index (Phi) is 3.55. The van der Waals surface area contributed by atoms with E-state index in [1.165, 1.54) is 31.5 Å². The van der Waals surface area contributed by atoms with E-state index in [9.17, 15) is 0 Å². The van der Waals surface area contributed by atoms with E-state index in [1.54, 1.807) is 0 Å². The van der Waals surface area contributed by atoms with Crippen LogP contribution in [0.4, 0.5) is 0 Å². The summed E-state index contributed by atoms with van der Waals surface area (Å²) in [4.78, 5) is 2.52. The molecule has 0 bridgehead atoms. The largest absolute Gasteiger partial charge is 0.501 e. The minimum Gasteiger partial charge on any atom is -0.501 e. The zero-order valence-electron chi connectivity index (χ0n) is 10.5. The molecule has 0 aromatic carbocycles. The quantitative estimate of drug-likeness (QED) is 0.795. The van der Waals surface area contributed by atoms with E-state index in [2.05, 4.69) is 18.7 Å². The molecule has 3 nitrogen and oxygen atoms in total. The Morgan fingerprint density at radius 2 is 2.00 bits per heavy atom. The van der Waals surface area contributed by atoms with Crippen LogP contribution in [0.25, 0.3) is 0 Å². The summed E-state index contributed by atoms with van der Waals surface area (Å²) in [5.41, 5.74) is 7.76. The van der Waals surface area contributed by atoms with Crippen LogP contribution in [-0.2, 0) is 4.74 Å². The fraction of sp³-hybridized carbons (Fsp3) is 0.846. The van der Waals surface area contributed by atoms with Gasteiger partial charge in [-0.2, -0.15) is 0 Å². The second kappa shape index (κ2) is 4.76. The third kappa shape index (κ3) is 2.25. The third-order valence-corrected chi connectivity index (χ3v) is 4.04. The monoisotopic (exact) mass is 224 g/mol. The number of nitrogens with two attached hydrogens (primary N) is 1. The molecule has 1 atom stereocenters. The molecule has 0 saturated carbocycles. The smallest absolute Gasteiger partial charge is 0.0876 e. The molecule has 0 spiro atoms. The van der Waals surface area contributed by atoms with Gasteiger partial charge in [0, 0.05) is 11.6 Å². The standard InChI is InChI=1S/C13H24N2O/c1-13(2,15-7-3-4-8-15)12(14)11-6-5-9-16-10-11/h10,12H,3-9,14H2,1-2H3. The molecule has 92 valence electrons. The van der Waals surface area contributed by atoms with E-state index < -0.39 is 0 Å². The van der Waals surface area contributed by atoms with Crippen molar-refractivity contribution in [3.8, 4) is 0 Å². The summed E-state index contributed by atoms with van der Waals surface area (Å²) in [5, 5.41) is 0. The Balaban J connectivity index is 2.06. The molecule has 0 aromatic rings. The van der Waals surface area contributed by atoms with Crippen LogP contribution in [0.15, 0.2) is 11.8 Å². The van der Waals surface area contributed by atoms with Crippen LogP contribution >= 0.6 is 0 Å². The molecule has 0 aliphatic carbocycles. The first-order valence-corrected chi connectivity index (χ1v) is 6.43. The molecule has 1 unspecified atom stereocenters. The highest BCUT2D eigenvalue weighted by atomic mass is 16.5. The lowest BCUT2D eigenvalue weighted by molar-refractivity contribution is 0.127. The van der Waals surface area contributed by atoms with Crippen LogP contribution in [0.2, 0.25) is 0 Å². The van der Waals surface area contributed by atoms with Gasteiger partial charge in [-0.25, -0.2) is 0 Å². The molecule has 0 aromatic heterocycles. The molecule has 3 heteroatoms. The maximum atomic E-state index is 6.42. The van der Waals surface area contributed by atoms with Crippen molar-refractivity contribution in [1.82, 2.24) is 4.90 Å². The Morgan fingerprint density at radius 3 is 2.56 bits per heavy atom. The van der Waals surface area contributed by atoms with Crippen LogP contribution in [0.1, 0.15) is 39.5 Å². The van der Waals surface area contributed by atoms with Crippen molar-refractivity contribution < 1.29 is 4.74 Å². The minimum absolute atomic E-state index is 0.0586. The van der Waals surface area contributed by atoms with Crippen LogP contribution in [0.5, 0.6) is 0 Å². The topological polar surface area (TPSA) is 38.5 Å². The van der Waals surface area contributed by atoms with Gasteiger partial charge >= 0.3 is 0 Å². The first-order valence-electron chi connectivity index (χ1n) is 6.43. The first kappa shape index (κ1) is 11.9. The van der Waals surface area contributed by atoms with Crippen molar-refractivity contribution in [2.24, 2.45) is 5.73 Å². The van der Waals surface area contributed by atoms with E-state index in [-0.39, 0.29) is 11.6 Å². The van der Waals surface area contributed by atoms with Crippen molar-refractivity contribution >= 4 is 0 Å². The fourth-order valence-electron chi connectivity index (χ4n) is 2.76. The van der Waals surface area contributed by atoms with Gasteiger partial charge in [-0.1, -0.05) is 0 Å². The zero-order valence-corrected chi connectivity index (χ0v) is 10.5. The Labute approximate surface area is 98.6 Å². The molecule has 16 heavy (non-hydrogen) atoms. The van der Waals surface area contributed by atoms with Crippen molar-refractivity contribution in [2.45, 2.75) is 51.1 Å². The number of hydrogen-bond acceptors (Lipinski definition) is 3. The molecule has 2 aliphatic heterocycles. The number of hydrogen-bond donors (Lipinski definition) is 1. The van der Waals surface area contributed by atoms with Crippen LogP contribution in [-0.4, -0.2) is 36.2 Å². The molecule has 1 fully saturated rings. The molecule has 0 amide bonds. The van der Waals surface area contributed by atoms with Crippen LogP contribution in [0, 0.1) is 0 Å². The Hall–Kier alpha value is -0.540. The molecule has 2 N–H and O–H groups in total. The highest BCUT2D eigenvalue weighted by Gasteiger charge is 2.36.